The Hall–Kier alpha value is -2.28. The molecule has 0 atom stereocenters. The number of amides is 1. The molecular formula is C17H21ClN4O3. The molecule has 1 aliphatic rings. The number of carbonyl (C=O) groups excluding carboxylic acids is 1. The zero-order valence-electron chi connectivity index (χ0n) is 14.3. The van der Waals surface area contributed by atoms with E-state index >= 15 is 0 Å². The fourth-order valence-corrected chi connectivity index (χ4v) is 3.27. The van der Waals surface area contributed by atoms with Crippen LogP contribution in [0.2, 0.25) is 5.02 Å². The predicted molar refractivity (Wildman–Crippen MR) is 93.3 cm³/mol. The summed E-state index contributed by atoms with van der Waals surface area (Å²) in [4.78, 5) is 12.5. The number of nitrogens with zero attached hydrogens (tertiary/aromatic N) is 3. The number of nitrogens with one attached hydrogen (secondary N) is 1. The van der Waals surface area contributed by atoms with Gasteiger partial charge in [0, 0.05) is 18.5 Å². The van der Waals surface area contributed by atoms with E-state index in [1.54, 1.807) is 12.1 Å². The number of halogens is 1. The molecule has 2 heterocycles. The molecule has 0 bridgehead atoms. The Morgan fingerprint density at radius 3 is 2.84 bits per heavy atom. The monoisotopic (exact) mass is 364 g/mol. The first kappa shape index (κ1) is 17.5. The Morgan fingerprint density at radius 1 is 1.24 bits per heavy atom. The van der Waals surface area contributed by atoms with E-state index in [1.807, 2.05) is 0 Å². The number of ether oxygens (including phenoxy) is 2. The standard InChI is InChI=1S/C17H21ClN4O3/c1-24-13-9-11(8-12(18)16(13)25-2)17(23)19-10-15-21-20-14-6-4-3-5-7-22(14)15/h8-9H,3-7,10H2,1-2H3,(H,19,23). The van der Waals surface area contributed by atoms with Crippen LogP contribution in [0.1, 0.15) is 41.3 Å². The van der Waals surface area contributed by atoms with E-state index in [9.17, 15) is 4.79 Å². The summed E-state index contributed by atoms with van der Waals surface area (Å²) < 4.78 is 12.5. The van der Waals surface area contributed by atoms with Crippen molar-refractivity contribution in [1.82, 2.24) is 20.1 Å². The molecule has 2 aromatic rings. The highest BCUT2D eigenvalue weighted by Crippen LogP contribution is 2.35. The molecule has 1 aromatic carbocycles. The van der Waals surface area contributed by atoms with Crippen LogP contribution >= 0.6 is 11.6 Å². The molecule has 0 fully saturated rings. The van der Waals surface area contributed by atoms with Crippen LogP contribution in [0, 0.1) is 0 Å². The van der Waals surface area contributed by atoms with E-state index in [2.05, 4.69) is 20.1 Å². The molecule has 1 N–H and O–H groups in total. The smallest absolute Gasteiger partial charge is 0.251 e. The average molecular weight is 365 g/mol. The van der Waals surface area contributed by atoms with E-state index in [4.69, 9.17) is 21.1 Å². The maximum absolute atomic E-state index is 12.5. The number of methoxy groups -OCH3 is 2. The van der Waals surface area contributed by atoms with Crippen molar-refractivity contribution in [3.63, 3.8) is 0 Å². The van der Waals surface area contributed by atoms with Gasteiger partial charge in [0.1, 0.15) is 5.82 Å². The Morgan fingerprint density at radius 2 is 2.08 bits per heavy atom. The van der Waals surface area contributed by atoms with Crippen LogP contribution in [-0.4, -0.2) is 34.9 Å². The molecule has 1 aliphatic heterocycles. The van der Waals surface area contributed by atoms with Gasteiger partial charge in [0.05, 0.1) is 25.8 Å². The van der Waals surface area contributed by atoms with Crippen molar-refractivity contribution in [1.29, 1.82) is 0 Å². The van der Waals surface area contributed by atoms with Crippen molar-refractivity contribution in [3.8, 4) is 11.5 Å². The van der Waals surface area contributed by atoms with Crippen LogP contribution in [0.5, 0.6) is 11.5 Å². The Bertz CT molecular complexity index is 775. The van der Waals surface area contributed by atoms with Crippen molar-refractivity contribution >= 4 is 17.5 Å². The molecule has 0 unspecified atom stereocenters. The molecule has 8 heteroatoms. The van der Waals surface area contributed by atoms with Crippen LogP contribution in [0.4, 0.5) is 0 Å². The zero-order valence-corrected chi connectivity index (χ0v) is 15.1. The second-order valence-corrected chi connectivity index (χ2v) is 6.28. The molecule has 7 nitrogen and oxygen atoms in total. The molecule has 134 valence electrons. The summed E-state index contributed by atoms with van der Waals surface area (Å²) in [6.45, 7) is 1.22. The lowest BCUT2D eigenvalue weighted by atomic mass is 10.2. The van der Waals surface area contributed by atoms with Crippen molar-refractivity contribution in [2.45, 2.75) is 38.8 Å². The topological polar surface area (TPSA) is 78.3 Å². The molecule has 0 radical (unpaired) electrons. The highest BCUT2D eigenvalue weighted by Gasteiger charge is 2.18. The van der Waals surface area contributed by atoms with Gasteiger partial charge in [-0.2, -0.15) is 0 Å². The largest absolute Gasteiger partial charge is 0.493 e. The zero-order chi connectivity index (χ0) is 17.8. The number of hydrogen-bond acceptors (Lipinski definition) is 5. The lowest BCUT2D eigenvalue weighted by Gasteiger charge is -2.12. The van der Waals surface area contributed by atoms with Crippen molar-refractivity contribution in [2.75, 3.05) is 14.2 Å². The Labute approximate surface area is 151 Å². The van der Waals surface area contributed by atoms with Gasteiger partial charge in [-0.1, -0.05) is 18.0 Å². The summed E-state index contributed by atoms with van der Waals surface area (Å²) in [6, 6.07) is 3.16. The molecule has 0 spiro atoms. The number of fused-ring (bicyclic) bond motifs is 1. The number of benzene rings is 1. The van der Waals surface area contributed by atoms with Gasteiger partial charge in [-0.05, 0) is 25.0 Å². The second kappa shape index (κ2) is 7.74. The summed E-state index contributed by atoms with van der Waals surface area (Å²) in [7, 11) is 3.00. The van der Waals surface area contributed by atoms with Crippen molar-refractivity contribution < 1.29 is 14.3 Å². The van der Waals surface area contributed by atoms with Crippen molar-refractivity contribution in [3.05, 3.63) is 34.4 Å². The summed E-state index contributed by atoms with van der Waals surface area (Å²) in [5, 5.41) is 11.6. The number of rotatable bonds is 5. The maximum Gasteiger partial charge on any atom is 0.251 e. The van der Waals surface area contributed by atoms with Crippen LogP contribution in [0.15, 0.2) is 12.1 Å². The highest BCUT2D eigenvalue weighted by atomic mass is 35.5. The van der Waals surface area contributed by atoms with Gasteiger partial charge < -0.3 is 19.4 Å². The van der Waals surface area contributed by atoms with Crippen LogP contribution in [0.3, 0.4) is 0 Å². The number of hydrogen-bond donors (Lipinski definition) is 1. The molecule has 1 amide bonds. The summed E-state index contributed by atoms with van der Waals surface area (Å²) >= 11 is 6.16. The third-order valence-corrected chi connectivity index (χ3v) is 4.57. The predicted octanol–water partition coefficient (Wildman–Crippen LogP) is 2.61. The molecule has 0 saturated carbocycles. The van der Waals surface area contributed by atoms with E-state index in [0.29, 0.717) is 28.6 Å². The Balaban J connectivity index is 1.73. The SMILES string of the molecule is COc1cc(C(=O)NCc2nnc3n2CCCCC3)cc(Cl)c1OC. The van der Waals surface area contributed by atoms with Crippen molar-refractivity contribution in [2.24, 2.45) is 0 Å². The van der Waals surface area contributed by atoms with Gasteiger partial charge in [0.25, 0.3) is 5.91 Å². The highest BCUT2D eigenvalue weighted by molar-refractivity contribution is 6.32. The number of aryl methyl sites for hydroxylation is 1. The van der Waals surface area contributed by atoms with E-state index in [0.717, 1.165) is 37.5 Å². The van der Waals surface area contributed by atoms with Gasteiger partial charge in [0.15, 0.2) is 17.3 Å². The molecule has 0 saturated heterocycles. The minimum absolute atomic E-state index is 0.256. The van der Waals surface area contributed by atoms with Crippen LogP contribution in [-0.2, 0) is 19.5 Å². The molecule has 1 aromatic heterocycles. The first-order valence-electron chi connectivity index (χ1n) is 8.24. The first-order chi connectivity index (χ1) is 12.1. The molecule has 3 rings (SSSR count). The lowest BCUT2D eigenvalue weighted by molar-refractivity contribution is 0.0949. The minimum Gasteiger partial charge on any atom is -0.493 e. The summed E-state index contributed by atoms with van der Waals surface area (Å²) in [5.74, 6) is 2.33. The average Bonchev–Trinajstić information content (AvgIpc) is 2.85. The first-order valence-corrected chi connectivity index (χ1v) is 8.62. The van der Waals surface area contributed by atoms with Gasteiger partial charge in [-0.15, -0.1) is 10.2 Å². The minimum atomic E-state index is -0.256. The maximum atomic E-state index is 12.5. The quantitative estimate of drug-likeness (QED) is 0.882. The normalized spacial score (nSPS) is 13.7. The molecule has 0 aliphatic carbocycles. The number of carbonyl (C=O) groups is 1. The third-order valence-electron chi connectivity index (χ3n) is 4.29. The van der Waals surface area contributed by atoms with Gasteiger partial charge in [-0.25, -0.2) is 0 Å². The van der Waals surface area contributed by atoms with Gasteiger partial charge >= 0.3 is 0 Å². The summed E-state index contributed by atoms with van der Waals surface area (Å²) in [6.07, 6.45) is 4.37. The Kier molecular flexibility index (Phi) is 5.43. The molecular weight excluding hydrogens is 344 g/mol. The fraction of sp³-hybridized carbons (Fsp3) is 0.471. The summed E-state index contributed by atoms with van der Waals surface area (Å²) in [5.41, 5.74) is 0.401. The molecule has 25 heavy (non-hydrogen) atoms. The van der Waals surface area contributed by atoms with Crippen LogP contribution < -0.4 is 14.8 Å². The second-order valence-electron chi connectivity index (χ2n) is 5.87. The van der Waals surface area contributed by atoms with Crippen LogP contribution in [0.25, 0.3) is 0 Å². The lowest BCUT2D eigenvalue weighted by Crippen LogP contribution is -2.25. The van der Waals surface area contributed by atoms with E-state index in [1.165, 1.54) is 20.6 Å². The number of aromatic nitrogens is 3. The fourth-order valence-electron chi connectivity index (χ4n) is 2.99. The van der Waals surface area contributed by atoms with Gasteiger partial charge in [0.2, 0.25) is 0 Å². The van der Waals surface area contributed by atoms with E-state index < -0.39 is 0 Å². The third kappa shape index (κ3) is 3.71. The van der Waals surface area contributed by atoms with E-state index in [-0.39, 0.29) is 5.91 Å². The van der Waals surface area contributed by atoms with Gasteiger partial charge in [-0.3, -0.25) is 4.79 Å².